The van der Waals surface area contributed by atoms with Crippen molar-refractivity contribution in [2.75, 3.05) is 5.32 Å². The predicted octanol–water partition coefficient (Wildman–Crippen LogP) is 4.43. The highest BCUT2D eigenvalue weighted by molar-refractivity contribution is 8.00. The molecule has 0 spiro atoms. The highest BCUT2D eigenvalue weighted by Gasteiger charge is 2.28. The van der Waals surface area contributed by atoms with Gasteiger partial charge in [0.25, 0.3) is 5.91 Å². The van der Waals surface area contributed by atoms with Crippen molar-refractivity contribution in [1.82, 2.24) is 20.2 Å². The lowest BCUT2D eigenvalue weighted by atomic mass is 10.1. The minimum Gasteiger partial charge on any atom is -0.322 e. The maximum absolute atomic E-state index is 12.8. The standard InChI is InChI=1S/C20H21N5OS/c1-13(2)27-18-9-4-3-8-17(18)20(26)21-15-7-5-6-14(12-15)19-22-23-24-25(19)16-10-11-16/h3-9,12-13,16H,10-11H2,1-2H3,(H,21,26). The van der Waals surface area contributed by atoms with Crippen LogP contribution in [-0.2, 0) is 0 Å². The van der Waals surface area contributed by atoms with Gasteiger partial charge in [-0.15, -0.1) is 16.9 Å². The number of thioether (sulfide) groups is 1. The van der Waals surface area contributed by atoms with Crippen molar-refractivity contribution in [3.63, 3.8) is 0 Å². The van der Waals surface area contributed by atoms with Crippen LogP contribution in [0.4, 0.5) is 5.69 Å². The monoisotopic (exact) mass is 379 g/mol. The number of hydrogen-bond acceptors (Lipinski definition) is 5. The second-order valence-electron chi connectivity index (χ2n) is 6.88. The summed E-state index contributed by atoms with van der Waals surface area (Å²) in [6.45, 7) is 4.24. The minimum absolute atomic E-state index is 0.113. The molecule has 1 N–H and O–H groups in total. The van der Waals surface area contributed by atoms with Crippen LogP contribution >= 0.6 is 11.8 Å². The maximum atomic E-state index is 12.8. The molecule has 138 valence electrons. The van der Waals surface area contributed by atoms with Crippen LogP contribution in [-0.4, -0.2) is 31.4 Å². The highest BCUT2D eigenvalue weighted by Crippen LogP contribution is 2.37. The Labute approximate surface area is 162 Å². The van der Waals surface area contributed by atoms with Crippen LogP contribution in [0.5, 0.6) is 0 Å². The number of aromatic nitrogens is 4. The fourth-order valence-corrected chi connectivity index (χ4v) is 3.85. The zero-order valence-electron chi connectivity index (χ0n) is 15.3. The summed E-state index contributed by atoms with van der Waals surface area (Å²) in [5, 5.41) is 15.5. The fourth-order valence-electron chi connectivity index (χ4n) is 2.89. The Hall–Kier alpha value is -2.67. The summed E-state index contributed by atoms with van der Waals surface area (Å²) < 4.78 is 1.87. The molecular weight excluding hydrogens is 358 g/mol. The lowest BCUT2D eigenvalue weighted by molar-refractivity contribution is 0.102. The van der Waals surface area contributed by atoms with Gasteiger partial charge in [0.15, 0.2) is 5.82 Å². The first-order valence-electron chi connectivity index (χ1n) is 9.07. The third-order valence-electron chi connectivity index (χ3n) is 4.26. The molecule has 0 radical (unpaired) electrons. The quantitative estimate of drug-likeness (QED) is 0.642. The smallest absolute Gasteiger partial charge is 0.256 e. The van der Waals surface area contributed by atoms with E-state index in [1.54, 1.807) is 11.8 Å². The van der Waals surface area contributed by atoms with Crippen LogP contribution in [0.15, 0.2) is 53.4 Å². The summed E-state index contributed by atoms with van der Waals surface area (Å²) in [6.07, 6.45) is 2.22. The minimum atomic E-state index is -0.113. The van der Waals surface area contributed by atoms with Gasteiger partial charge in [-0.3, -0.25) is 4.79 Å². The Morgan fingerprint density at radius 2 is 2.00 bits per heavy atom. The molecule has 6 nitrogen and oxygen atoms in total. The zero-order chi connectivity index (χ0) is 18.8. The Morgan fingerprint density at radius 1 is 1.19 bits per heavy atom. The molecule has 0 atom stereocenters. The SMILES string of the molecule is CC(C)Sc1ccccc1C(=O)Nc1cccc(-c2nnnn2C2CC2)c1. The van der Waals surface area contributed by atoms with Crippen molar-refractivity contribution in [2.45, 2.75) is 42.9 Å². The van der Waals surface area contributed by atoms with Crippen LogP contribution in [0.25, 0.3) is 11.4 Å². The average Bonchev–Trinajstić information content (AvgIpc) is 3.38. The lowest BCUT2D eigenvalue weighted by Gasteiger charge is -2.12. The molecule has 2 aromatic carbocycles. The molecule has 3 aromatic rings. The number of tetrazole rings is 1. The van der Waals surface area contributed by atoms with Crippen molar-refractivity contribution in [3.8, 4) is 11.4 Å². The molecule has 0 unspecified atom stereocenters. The Balaban J connectivity index is 1.57. The average molecular weight is 379 g/mol. The molecule has 1 aliphatic rings. The maximum Gasteiger partial charge on any atom is 0.256 e. The fraction of sp³-hybridized carbons (Fsp3) is 0.300. The van der Waals surface area contributed by atoms with Gasteiger partial charge in [-0.05, 0) is 47.5 Å². The summed E-state index contributed by atoms with van der Waals surface area (Å²) in [6, 6.07) is 15.8. The van der Waals surface area contributed by atoms with Gasteiger partial charge < -0.3 is 5.32 Å². The van der Waals surface area contributed by atoms with E-state index in [1.807, 2.05) is 53.2 Å². The van der Waals surface area contributed by atoms with Gasteiger partial charge in [0.1, 0.15) is 0 Å². The van der Waals surface area contributed by atoms with Crippen molar-refractivity contribution in [3.05, 3.63) is 54.1 Å². The second kappa shape index (κ2) is 7.52. The number of nitrogens with one attached hydrogen (secondary N) is 1. The molecular formula is C20H21N5OS. The molecule has 0 bridgehead atoms. The first kappa shape index (κ1) is 17.7. The summed E-state index contributed by atoms with van der Waals surface area (Å²) >= 11 is 1.69. The first-order chi connectivity index (χ1) is 13.1. The van der Waals surface area contributed by atoms with Gasteiger partial charge in [-0.1, -0.05) is 38.1 Å². The first-order valence-corrected chi connectivity index (χ1v) is 9.95. The number of amides is 1. The molecule has 7 heteroatoms. The highest BCUT2D eigenvalue weighted by atomic mass is 32.2. The second-order valence-corrected chi connectivity index (χ2v) is 8.49. The van der Waals surface area contributed by atoms with E-state index in [1.165, 1.54) is 0 Å². The number of carbonyl (C=O) groups excluding carboxylic acids is 1. The van der Waals surface area contributed by atoms with E-state index >= 15 is 0 Å². The zero-order valence-corrected chi connectivity index (χ0v) is 16.1. The van der Waals surface area contributed by atoms with E-state index in [2.05, 4.69) is 34.7 Å². The van der Waals surface area contributed by atoms with E-state index in [4.69, 9.17) is 0 Å². The molecule has 4 rings (SSSR count). The van der Waals surface area contributed by atoms with Gasteiger partial charge in [-0.2, -0.15) is 0 Å². The van der Waals surface area contributed by atoms with E-state index in [9.17, 15) is 4.79 Å². The van der Waals surface area contributed by atoms with Gasteiger partial charge >= 0.3 is 0 Å². The predicted molar refractivity (Wildman–Crippen MR) is 107 cm³/mol. The third-order valence-corrected chi connectivity index (χ3v) is 5.34. The van der Waals surface area contributed by atoms with Crippen molar-refractivity contribution < 1.29 is 4.79 Å². The normalized spacial score (nSPS) is 13.7. The number of hydrogen-bond donors (Lipinski definition) is 1. The van der Waals surface area contributed by atoms with Crippen LogP contribution < -0.4 is 5.32 Å². The van der Waals surface area contributed by atoms with Gasteiger partial charge in [0, 0.05) is 21.4 Å². The van der Waals surface area contributed by atoms with E-state index in [0.717, 1.165) is 34.8 Å². The number of anilines is 1. The van der Waals surface area contributed by atoms with Crippen molar-refractivity contribution >= 4 is 23.4 Å². The summed E-state index contributed by atoms with van der Waals surface area (Å²) in [7, 11) is 0. The van der Waals surface area contributed by atoms with E-state index < -0.39 is 0 Å². The lowest BCUT2D eigenvalue weighted by Crippen LogP contribution is -2.13. The molecule has 27 heavy (non-hydrogen) atoms. The van der Waals surface area contributed by atoms with Gasteiger partial charge in [-0.25, -0.2) is 4.68 Å². The van der Waals surface area contributed by atoms with Crippen LogP contribution in [0.3, 0.4) is 0 Å². The van der Waals surface area contributed by atoms with Crippen LogP contribution in [0.1, 0.15) is 43.1 Å². The molecule has 1 heterocycles. The topological polar surface area (TPSA) is 72.7 Å². The summed E-state index contributed by atoms with van der Waals surface area (Å²) in [4.78, 5) is 13.8. The Bertz CT molecular complexity index is 964. The molecule has 1 aliphatic carbocycles. The summed E-state index contributed by atoms with van der Waals surface area (Å²) in [5.74, 6) is 0.627. The largest absolute Gasteiger partial charge is 0.322 e. The number of carbonyl (C=O) groups is 1. The molecule has 1 saturated carbocycles. The van der Waals surface area contributed by atoms with Gasteiger partial charge in [0.2, 0.25) is 0 Å². The van der Waals surface area contributed by atoms with Crippen molar-refractivity contribution in [2.24, 2.45) is 0 Å². The third kappa shape index (κ3) is 4.03. The Morgan fingerprint density at radius 3 is 2.78 bits per heavy atom. The molecule has 1 fully saturated rings. The molecule has 1 aromatic heterocycles. The van der Waals surface area contributed by atoms with Crippen LogP contribution in [0, 0.1) is 0 Å². The van der Waals surface area contributed by atoms with E-state index in [-0.39, 0.29) is 5.91 Å². The van der Waals surface area contributed by atoms with Crippen LogP contribution in [0.2, 0.25) is 0 Å². The van der Waals surface area contributed by atoms with E-state index in [0.29, 0.717) is 16.9 Å². The Kier molecular flexibility index (Phi) is 4.94. The molecule has 0 saturated heterocycles. The van der Waals surface area contributed by atoms with Crippen molar-refractivity contribution in [1.29, 1.82) is 0 Å². The van der Waals surface area contributed by atoms with Gasteiger partial charge in [0.05, 0.1) is 11.6 Å². The number of rotatable bonds is 6. The number of benzene rings is 2. The summed E-state index contributed by atoms with van der Waals surface area (Å²) in [5.41, 5.74) is 2.31. The molecule has 1 amide bonds. The number of nitrogens with zero attached hydrogens (tertiary/aromatic N) is 4. The molecule has 0 aliphatic heterocycles.